The summed E-state index contributed by atoms with van der Waals surface area (Å²) in [7, 11) is 2.42. The number of aliphatic hydroxyl groups excluding tert-OH is 1. The molecule has 0 heterocycles. The molecule has 0 saturated carbocycles. The van der Waals surface area contributed by atoms with E-state index in [4.69, 9.17) is 9.47 Å². The second kappa shape index (κ2) is 6.38. The van der Waals surface area contributed by atoms with Crippen molar-refractivity contribution in [2.75, 3.05) is 14.2 Å². The summed E-state index contributed by atoms with van der Waals surface area (Å²) in [5.41, 5.74) is -0.595. The number of hydrogen-bond donors (Lipinski definition) is 1. The van der Waals surface area contributed by atoms with E-state index in [1.165, 1.54) is 38.5 Å². The lowest BCUT2D eigenvalue weighted by molar-refractivity contribution is -0.384. The number of esters is 2. The van der Waals surface area contributed by atoms with Gasteiger partial charge in [-0.25, -0.2) is 9.59 Å². The molecule has 0 spiro atoms. The van der Waals surface area contributed by atoms with Gasteiger partial charge in [-0.15, -0.1) is 0 Å². The molecule has 3 rings (SSSR count). The second-order valence-electron chi connectivity index (χ2n) is 6.23. The number of nitro groups is 1. The average Bonchev–Trinajstić information content (AvgIpc) is 3.23. The standard InChI is InChI=1S/C18H17NO7/c1-25-16(21)13-11-7-8-18(9-11,14(13)17(22)26-2)15(20)10-3-5-12(6-4-10)19(23)24/h3-8,11,15,20H,9H2,1-2H3. The molecular formula is C18H17NO7. The Morgan fingerprint density at radius 2 is 1.85 bits per heavy atom. The van der Waals surface area contributed by atoms with Crippen LogP contribution in [0.4, 0.5) is 5.69 Å². The minimum Gasteiger partial charge on any atom is -0.466 e. The summed E-state index contributed by atoms with van der Waals surface area (Å²) in [4.78, 5) is 34.8. The Morgan fingerprint density at radius 3 is 2.38 bits per heavy atom. The number of rotatable bonds is 5. The van der Waals surface area contributed by atoms with E-state index in [2.05, 4.69) is 0 Å². The molecule has 26 heavy (non-hydrogen) atoms. The predicted octanol–water partition coefficient (Wildman–Crippen LogP) is 1.85. The minimum absolute atomic E-state index is 0.0743. The van der Waals surface area contributed by atoms with Crippen molar-refractivity contribution in [2.24, 2.45) is 11.3 Å². The zero-order valence-corrected chi connectivity index (χ0v) is 14.2. The molecule has 0 aliphatic heterocycles. The van der Waals surface area contributed by atoms with Gasteiger partial charge in [-0.05, 0) is 24.1 Å². The first-order valence-electron chi connectivity index (χ1n) is 7.88. The smallest absolute Gasteiger partial charge is 0.335 e. The van der Waals surface area contributed by atoms with Gasteiger partial charge in [-0.1, -0.05) is 12.2 Å². The Morgan fingerprint density at radius 1 is 1.23 bits per heavy atom. The summed E-state index contributed by atoms with van der Waals surface area (Å²) >= 11 is 0. The van der Waals surface area contributed by atoms with Crippen LogP contribution < -0.4 is 0 Å². The van der Waals surface area contributed by atoms with Crippen LogP contribution in [0.3, 0.4) is 0 Å². The summed E-state index contributed by atoms with van der Waals surface area (Å²) in [5.74, 6) is -1.71. The lowest BCUT2D eigenvalue weighted by Crippen LogP contribution is -2.31. The Bertz CT molecular complexity index is 840. The molecule has 1 aromatic rings. The third-order valence-electron chi connectivity index (χ3n) is 4.99. The summed E-state index contributed by atoms with van der Waals surface area (Å²) in [6, 6.07) is 5.43. The van der Waals surface area contributed by atoms with E-state index in [9.17, 15) is 24.8 Å². The number of nitrogens with zero attached hydrogens (tertiary/aromatic N) is 1. The fraction of sp³-hybridized carbons (Fsp3) is 0.333. The van der Waals surface area contributed by atoms with Gasteiger partial charge < -0.3 is 14.6 Å². The molecule has 8 nitrogen and oxygen atoms in total. The molecule has 2 aliphatic rings. The lowest BCUT2D eigenvalue weighted by Gasteiger charge is -2.32. The number of non-ortho nitro benzene ring substituents is 1. The number of methoxy groups -OCH3 is 2. The normalized spacial score (nSPS) is 24.5. The number of aliphatic hydroxyl groups is 1. The van der Waals surface area contributed by atoms with E-state index < -0.39 is 28.4 Å². The van der Waals surface area contributed by atoms with Gasteiger partial charge in [0.25, 0.3) is 5.69 Å². The van der Waals surface area contributed by atoms with Gasteiger partial charge >= 0.3 is 11.9 Å². The maximum atomic E-state index is 12.4. The topological polar surface area (TPSA) is 116 Å². The Kier molecular flexibility index (Phi) is 4.37. The van der Waals surface area contributed by atoms with Crippen LogP contribution in [0.2, 0.25) is 0 Å². The van der Waals surface area contributed by atoms with Crippen molar-refractivity contribution in [1.82, 2.24) is 0 Å². The van der Waals surface area contributed by atoms with Crippen LogP contribution in [0.25, 0.3) is 0 Å². The van der Waals surface area contributed by atoms with Crippen LogP contribution >= 0.6 is 0 Å². The number of nitro benzene ring substituents is 1. The van der Waals surface area contributed by atoms with Crippen LogP contribution in [0.15, 0.2) is 47.6 Å². The molecule has 1 aromatic carbocycles. The van der Waals surface area contributed by atoms with E-state index in [1.807, 2.05) is 0 Å². The average molecular weight is 359 g/mol. The number of carbonyl (C=O) groups is 2. The molecule has 3 atom stereocenters. The van der Waals surface area contributed by atoms with Gasteiger partial charge in [0, 0.05) is 18.1 Å². The highest BCUT2D eigenvalue weighted by molar-refractivity contribution is 6.04. The molecule has 1 N–H and O–H groups in total. The molecule has 2 bridgehead atoms. The van der Waals surface area contributed by atoms with Crippen LogP contribution in [0.5, 0.6) is 0 Å². The first-order chi connectivity index (χ1) is 12.4. The second-order valence-corrected chi connectivity index (χ2v) is 6.23. The van der Waals surface area contributed by atoms with E-state index in [1.54, 1.807) is 12.2 Å². The molecular weight excluding hydrogens is 342 g/mol. The van der Waals surface area contributed by atoms with Gasteiger partial charge in [-0.3, -0.25) is 10.1 Å². The summed E-state index contributed by atoms with van der Waals surface area (Å²) in [5, 5.41) is 21.8. The zero-order chi connectivity index (χ0) is 19.1. The van der Waals surface area contributed by atoms with Crippen LogP contribution in [0.1, 0.15) is 18.1 Å². The van der Waals surface area contributed by atoms with Crippen molar-refractivity contribution in [1.29, 1.82) is 0 Å². The molecule has 0 radical (unpaired) electrons. The van der Waals surface area contributed by atoms with Crippen LogP contribution in [0, 0.1) is 21.4 Å². The van der Waals surface area contributed by atoms with Gasteiger partial charge in [0.05, 0.1) is 41.8 Å². The minimum atomic E-state index is -1.18. The molecule has 0 saturated heterocycles. The number of fused-ring (bicyclic) bond motifs is 2. The van der Waals surface area contributed by atoms with Crippen molar-refractivity contribution >= 4 is 17.6 Å². The maximum Gasteiger partial charge on any atom is 0.335 e. The lowest BCUT2D eigenvalue weighted by atomic mass is 9.74. The number of benzene rings is 1. The third kappa shape index (κ3) is 2.50. The third-order valence-corrected chi connectivity index (χ3v) is 4.99. The van der Waals surface area contributed by atoms with Gasteiger partial charge in [-0.2, -0.15) is 0 Å². The van der Waals surface area contributed by atoms with Gasteiger partial charge in [0.15, 0.2) is 0 Å². The molecule has 8 heteroatoms. The van der Waals surface area contributed by atoms with Crippen molar-refractivity contribution in [2.45, 2.75) is 12.5 Å². The van der Waals surface area contributed by atoms with Crippen molar-refractivity contribution in [3.63, 3.8) is 0 Å². The van der Waals surface area contributed by atoms with Gasteiger partial charge in [0.1, 0.15) is 0 Å². The summed E-state index contributed by atoms with van der Waals surface area (Å²) < 4.78 is 9.62. The Balaban J connectivity index is 2.07. The SMILES string of the molecule is COC(=O)C1=C(C(=O)OC)C2(C(O)c3ccc([N+](=O)[O-])cc3)C=CC1C2. The Hall–Kier alpha value is -3.00. The van der Waals surface area contributed by atoms with E-state index in [0.717, 1.165) is 0 Å². The van der Waals surface area contributed by atoms with E-state index in [0.29, 0.717) is 12.0 Å². The first kappa shape index (κ1) is 17.8. The highest BCUT2D eigenvalue weighted by Gasteiger charge is 2.56. The highest BCUT2D eigenvalue weighted by Crippen LogP contribution is 2.59. The molecule has 2 aliphatic carbocycles. The number of allylic oxidation sites excluding steroid dienone is 1. The summed E-state index contributed by atoms with van der Waals surface area (Å²) in [6.45, 7) is 0. The van der Waals surface area contributed by atoms with Gasteiger partial charge in [0.2, 0.25) is 0 Å². The van der Waals surface area contributed by atoms with Crippen molar-refractivity contribution in [3.05, 3.63) is 63.2 Å². The van der Waals surface area contributed by atoms with Crippen molar-refractivity contribution in [3.8, 4) is 0 Å². The largest absolute Gasteiger partial charge is 0.466 e. The Labute approximate surface area is 148 Å². The maximum absolute atomic E-state index is 12.4. The number of ether oxygens (including phenoxy) is 2. The number of carbonyl (C=O) groups excluding carboxylic acids is 2. The first-order valence-corrected chi connectivity index (χ1v) is 7.88. The van der Waals surface area contributed by atoms with Crippen molar-refractivity contribution < 1.29 is 29.1 Å². The molecule has 0 amide bonds. The monoisotopic (exact) mass is 359 g/mol. The molecule has 3 unspecified atom stereocenters. The predicted molar refractivity (Wildman–Crippen MR) is 88.8 cm³/mol. The van der Waals surface area contributed by atoms with Crippen LogP contribution in [-0.4, -0.2) is 36.2 Å². The highest BCUT2D eigenvalue weighted by atomic mass is 16.6. The molecule has 136 valence electrons. The quantitative estimate of drug-likeness (QED) is 0.369. The molecule has 0 fully saturated rings. The molecule has 0 aromatic heterocycles. The zero-order valence-electron chi connectivity index (χ0n) is 14.2. The fourth-order valence-corrected chi connectivity index (χ4v) is 3.79. The van der Waals surface area contributed by atoms with E-state index in [-0.39, 0.29) is 22.8 Å². The van der Waals surface area contributed by atoms with Crippen LogP contribution in [-0.2, 0) is 19.1 Å². The fourth-order valence-electron chi connectivity index (χ4n) is 3.79. The summed E-state index contributed by atoms with van der Waals surface area (Å²) in [6.07, 6.45) is 2.59. The van der Waals surface area contributed by atoms with E-state index >= 15 is 0 Å². The number of hydrogen-bond acceptors (Lipinski definition) is 7.